The number of aromatic nitrogens is 2. The second-order valence-electron chi connectivity index (χ2n) is 3.83. The zero-order valence-electron chi connectivity index (χ0n) is 10.5. The molecule has 1 rings (SSSR count). The molecule has 17 heavy (non-hydrogen) atoms. The topological polar surface area (TPSA) is 87.0 Å². The molecule has 0 bridgehead atoms. The fourth-order valence-electron chi connectivity index (χ4n) is 1.62. The highest BCUT2D eigenvalue weighted by molar-refractivity contribution is 5.97. The Morgan fingerprint density at radius 2 is 2.24 bits per heavy atom. The lowest BCUT2D eigenvalue weighted by atomic mass is 10.3. The number of amides is 1. The summed E-state index contributed by atoms with van der Waals surface area (Å²) in [6.45, 7) is 7.99. The van der Waals surface area contributed by atoms with Crippen LogP contribution in [0.25, 0.3) is 0 Å². The third-order valence-electron chi connectivity index (χ3n) is 2.74. The number of nitrogens with one attached hydrogen (secondary N) is 2. The van der Waals surface area contributed by atoms with Gasteiger partial charge >= 0.3 is 0 Å². The van der Waals surface area contributed by atoms with Crippen molar-refractivity contribution in [2.24, 2.45) is 0 Å². The van der Waals surface area contributed by atoms with Crippen LogP contribution in [0.4, 0.5) is 5.82 Å². The Bertz CT molecular complexity index is 345. The number of nitrogens with zero attached hydrogens (tertiary/aromatic N) is 2. The summed E-state index contributed by atoms with van der Waals surface area (Å²) in [5.74, 6) is 0.141. The van der Waals surface area contributed by atoms with Gasteiger partial charge in [-0.3, -0.25) is 9.89 Å². The van der Waals surface area contributed by atoms with Crippen LogP contribution in [-0.4, -0.2) is 47.2 Å². The number of carbonyl (C=O) groups is 1. The quantitative estimate of drug-likeness (QED) is 0.603. The lowest BCUT2D eigenvalue weighted by molar-refractivity contribution is 0.0953. The van der Waals surface area contributed by atoms with Gasteiger partial charge in [0.25, 0.3) is 5.91 Å². The third-order valence-corrected chi connectivity index (χ3v) is 2.74. The lowest BCUT2D eigenvalue weighted by Gasteiger charge is -2.17. The minimum Gasteiger partial charge on any atom is -0.383 e. The summed E-state index contributed by atoms with van der Waals surface area (Å²) in [7, 11) is 0. The molecule has 0 aliphatic carbocycles. The molecule has 1 amide bonds. The second kappa shape index (κ2) is 6.90. The molecule has 0 aliphatic heterocycles. The number of carbonyl (C=O) groups excluding carboxylic acids is 1. The van der Waals surface area contributed by atoms with Crippen molar-refractivity contribution in [1.29, 1.82) is 0 Å². The molecule has 1 aromatic heterocycles. The van der Waals surface area contributed by atoms with Gasteiger partial charge in [-0.15, -0.1) is 0 Å². The van der Waals surface area contributed by atoms with Crippen molar-refractivity contribution < 1.29 is 4.79 Å². The molecule has 0 aromatic carbocycles. The van der Waals surface area contributed by atoms with E-state index in [4.69, 9.17) is 5.73 Å². The molecule has 96 valence electrons. The number of nitrogen functional groups attached to an aromatic ring is 1. The number of anilines is 1. The molecule has 6 heteroatoms. The van der Waals surface area contributed by atoms with Gasteiger partial charge in [0.2, 0.25) is 0 Å². The van der Waals surface area contributed by atoms with E-state index in [9.17, 15) is 4.79 Å². The van der Waals surface area contributed by atoms with Gasteiger partial charge in [-0.25, -0.2) is 0 Å². The van der Waals surface area contributed by atoms with E-state index in [1.165, 1.54) is 6.20 Å². The number of hydrogen-bond acceptors (Lipinski definition) is 4. The van der Waals surface area contributed by atoms with Crippen LogP contribution in [0, 0.1) is 0 Å². The van der Waals surface area contributed by atoms with Crippen molar-refractivity contribution in [3.05, 3.63) is 11.8 Å². The highest BCUT2D eigenvalue weighted by Gasteiger charge is 2.10. The van der Waals surface area contributed by atoms with E-state index < -0.39 is 0 Å². The molecule has 1 heterocycles. The zero-order valence-corrected chi connectivity index (χ0v) is 10.5. The summed E-state index contributed by atoms with van der Waals surface area (Å²) in [6.07, 6.45) is 2.38. The predicted octanol–water partition coefficient (Wildman–Crippen LogP) is 0.454. The van der Waals surface area contributed by atoms with E-state index >= 15 is 0 Å². The number of rotatable bonds is 7. The molecular weight excluding hydrogens is 218 g/mol. The van der Waals surface area contributed by atoms with Crippen LogP contribution in [0.1, 0.15) is 30.6 Å². The van der Waals surface area contributed by atoms with Crippen LogP contribution in [0.5, 0.6) is 0 Å². The molecular formula is C11H21N5O. The number of hydrogen-bond donors (Lipinski definition) is 3. The van der Waals surface area contributed by atoms with Gasteiger partial charge in [0.05, 0.1) is 6.20 Å². The summed E-state index contributed by atoms with van der Waals surface area (Å²) in [5.41, 5.74) is 5.96. The van der Waals surface area contributed by atoms with E-state index in [2.05, 4.69) is 34.3 Å². The lowest BCUT2D eigenvalue weighted by Crippen LogP contribution is -2.30. The van der Waals surface area contributed by atoms with Crippen molar-refractivity contribution >= 4 is 11.7 Å². The van der Waals surface area contributed by atoms with Crippen molar-refractivity contribution in [2.45, 2.75) is 20.3 Å². The first kappa shape index (κ1) is 13.5. The summed E-state index contributed by atoms with van der Waals surface area (Å²) >= 11 is 0. The molecule has 4 N–H and O–H groups in total. The molecule has 0 atom stereocenters. The average Bonchev–Trinajstić information content (AvgIpc) is 2.75. The van der Waals surface area contributed by atoms with E-state index in [1.807, 2.05) is 0 Å². The zero-order chi connectivity index (χ0) is 12.7. The van der Waals surface area contributed by atoms with Crippen molar-refractivity contribution in [3.8, 4) is 0 Å². The Morgan fingerprint density at radius 3 is 2.76 bits per heavy atom. The normalized spacial score (nSPS) is 10.8. The summed E-state index contributed by atoms with van der Waals surface area (Å²) in [4.78, 5) is 14.0. The van der Waals surface area contributed by atoms with Crippen LogP contribution < -0.4 is 11.1 Å². The number of aromatic amines is 1. The van der Waals surface area contributed by atoms with Gasteiger partial charge in [-0.2, -0.15) is 5.10 Å². The minimum atomic E-state index is -0.171. The SMILES string of the molecule is CCN(CC)CCCNC(=O)c1cn[nH]c1N. The average molecular weight is 239 g/mol. The molecule has 0 spiro atoms. The smallest absolute Gasteiger partial charge is 0.256 e. The Labute approximate surface area is 102 Å². The highest BCUT2D eigenvalue weighted by atomic mass is 16.1. The van der Waals surface area contributed by atoms with Gasteiger partial charge in [-0.1, -0.05) is 13.8 Å². The maximum atomic E-state index is 11.6. The first-order valence-electron chi connectivity index (χ1n) is 5.98. The minimum absolute atomic E-state index is 0.171. The van der Waals surface area contributed by atoms with Gasteiger partial charge in [0.1, 0.15) is 11.4 Å². The largest absolute Gasteiger partial charge is 0.383 e. The van der Waals surface area contributed by atoms with Gasteiger partial charge < -0.3 is 16.0 Å². The molecule has 0 saturated heterocycles. The van der Waals surface area contributed by atoms with Crippen LogP contribution in [0.3, 0.4) is 0 Å². The van der Waals surface area contributed by atoms with Crippen molar-refractivity contribution in [1.82, 2.24) is 20.4 Å². The molecule has 0 unspecified atom stereocenters. The maximum Gasteiger partial charge on any atom is 0.256 e. The maximum absolute atomic E-state index is 11.6. The molecule has 6 nitrogen and oxygen atoms in total. The molecule has 0 radical (unpaired) electrons. The Balaban J connectivity index is 2.23. The Kier molecular flexibility index (Phi) is 5.48. The highest BCUT2D eigenvalue weighted by Crippen LogP contribution is 2.04. The van der Waals surface area contributed by atoms with Crippen molar-refractivity contribution in [3.63, 3.8) is 0 Å². The van der Waals surface area contributed by atoms with Crippen LogP contribution in [-0.2, 0) is 0 Å². The number of nitrogens with two attached hydrogens (primary N) is 1. The fraction of sp³-hybridized carbons (Fsp3) is 0.636. The Hall–Kier alpha value is -1.56. The fourth-order valence-corrected chi connectivity index (χ4v) is 1.62. The second-order valence-corrected chi connectivity index (χ2v) is 3.83. The van der Waals surface area contributed by atoms with Gasteiger partial charge in [0, 0.05) is 6.54 Å². The Morgan fingerprint density at radius 1 is 1.53 bits per heavy atom. The van der Waals surface area contributed by atoms with Gasteiger partial charge in [0.15, 0.2) is 0 Å². The standard InChI is InChI=1S/C11H21N5O/c1-3-16(4-2)7-5-6-13-11(17)9-8-14-15-10(9)12/h8H,3-7H2,1-2H3,(H,13,17)(H3,12,14,15). The molecule has 0 aliphatic rings. The monoisotopic (exact) mass is 239 g/mol. The predicted molar refractivity (Wildman–Crippen MR) is 67.7 cm³/mol. The third kappa shape index (κ3) is 4.07. The van der Waals surface area contributed by atoms with Crippen LogP contribution in [0.15, 0.2) is 6.20 Å². The summed E-state index contributed by atoms with van der Waals surface area (Å²) in [5, 5.41) is 9.07. The van der Waals surface area contributed by atoms with E-state index in [1.54, 1.807) is 0 Å². The summed E-state index contributed by atoms with van der Waals surface area (Å²) < 4.78 is 0. The first-order chi connectivity index (χ1) is 8.19. The molecule has 1 aromatic rings. The van der Waals surface area contributed by atoms with Crippen LogP contribution >= 0.6 is 0 Å². The van der Waals surface area contributed by atoms with Gasteiger partial charge in [-0.05, 0) is 26.1 Å². The van der Waals surface area contributed by atoms with E-state index in [-0.39, 0.29) is 5.91 Å². The summed E-state index contributed by atoms with van der Waals surface area (Å²) in [6, 6.07) is 0. The van der Waals surface area contributed by atoms with Crippen molar-refractivity contribution in [2.75, 3.05) is 31.9 Å². The molecule has 0 saturated carbocycles. The van der Waals surface area contributed by atoms with Crippen LogP contribution in [0.2, 0.25) is 0 Å². The first-order valence-corrected chi connectivity index (χ1v) is 5.98. The number of H-pyrrole nitrogens is 1. The van der Waals surface area contributed by atoms with E-state index in [0.29, 0.717) is 17.9 Å². The van der Waals surface area contributed by atoms with E-state index in [0.717, 1.165) is 26.1 Å². The molecule has 0 fully saturated rings.